The van der Waals surface area contributed by atoms with E-state index in [9.17, 15) is 13.2 Å². The van der Waals surface area contributed by atoms with Gasteiger partial charge in [0.2, 0.25) is 0 Å². The molecule has 2 aromatic carbocycles. The van der Waals surface area contributed by atoms with E-state index in [2.05, 4.69) is 15.4 Å². The molecule has 0 aliphatic carbocycles. The summed E-state index contributed by atoms with van der Waals surface area (Å²) in [5.41, 5.74) is 2.56. The smallest absolute Gasteiger partial charge is 0.319 e. The van der Waals surface area contributed by atoms with Crippen LogP contribution in [0.2, 0.25) is 0 Å². The normalized spacial score (nSPS) is 11.0. The third-order valence-electron chi connectivity index (χ3n) is 3.34. The van der Waals surface area contributed by atoms with Gasteiger partial charge in [-0.05, 0) is 50.6 Å². The van der Waals surface area contributed by atoms with Crippen molar-refractivity contribution >= 4 is 27.4 Å². The predicted molar refractivity (Wildman–Crippen MR) is 95.9 cm³/mol. The predicted octanol–water partition coefficient (Wildman–Crippen LogP) is 3.25. The van der Waals surface area contributed by atoms with E-state index in [4.69, 9.17) is 0 Å². The van der Waals surface area contributed by atoms with E-state index in [0.29, 0.717) is 17.9 Å². The van der Waals surface area contributed by atoms with Gasteiger partial charge in [-0.15, -0.1) is 0 Å². The molecule has 128 valence electrons. The van der Waals surface area contributed by atoms with E-state index in [0.717, 1.165) is 11.1 Å². The van der Waals surface area contributed by atoms with E-state index < -0.39 is 16.1 Å². The Morgan fingerprint density at radius 1 is 0.958 bits per heavy atom. The van der Waals surface area contributed by atoms with Crippen LogP contribution in [0, 0.1) is 13.8 Å². The van der Waals surface area contributed by atoms with E-state index in [1.807, 2.05) is 13.8 Å². The Bertz CT molecular complexity index is 831. The summed E-state index contributed by atoms with van der Waals surface area (Å²) in [6.07, 6.45) is 0. The molecule has 0 aromatic heterocycles. The Labute approximate surface area is 142 Å². The number of rotatable bonds is 5. The maximum Gasteiger partial charge on any atom is 0.319 e. The van der Waals surface area contributed by atoms with Crippen LogP contribution in [-0.2, 0) is 10.0 Å². The van der Waals surface area contributed by atoms with Crippen molar-refractivity contribution in [2.24, 2.45) is 0 Å². The highest BCUT2D eigenvalue weighted by Crippen LogP contribution is 2.26. The lowest BCUT2D eigenvalue weighted by Crippen LogP contribution is -2.28. The molecule has 2 amide bonds. The highest BCUT2D eigenvalue weighted by atomic mass is 32.2. The zero-order chi connectivity index (χ0) is 17.7. The quantitative estimate of drug-likeness (QED) is 0.776. The number of urea groups is 1. The number of anilines is 2. The molecular formula is C17H21N3O3S. The summed E-state index contributed by atoms with van der Waals surface area (Å²) in [4.78, 5) is 11.9. The average molecular weight is 347 g/mol. The molecule has 2 aromatic rings. The second-order valence-electron chi connectivity index (χ2n) is 5.45. The molecule has 0 atom stereocenters. The summed E-state index contributed by atoms with van der Waals surface area (Å²) in [6.45, 7) is 6.01. The van der Waals surface area contributed by atoms with Crippen molar-refractivity contribution < 1.29 is 13.2 Å². The van der Waals surface area contributed by atoms with E-state index in [1.165, 1.54) is 0 Å². The number of carbonyl (C=O) groups excluding carboxylic acids is 1. The van der Waals surface area contributed by atoms with Crippen molar-refractivity contribution in [3.63, 3.8) is 0 Å². The molecule has 7 heteroatoms. The van der Waals surface area contributed by atoms with Gasteiger partial charge in [0.15, 0.2) is 0 Å². The van der Waals surface area contributed by atoms with Crippen molar-refractivity contribution in [1.82, 2.24) is 5.32 Å². The van der Waals surface area contributed by atoms with Gasteiger partial charge in [0.1, 0.15) is 0 Å². The fourth-order valence-corrected chi connectivity index (χ4v) is 3.17. The first-order valence-electron chi connectivity index (χ1n) is 7.57. The summed E-state index contributed by atoms with van der Waals surface area (Å²) >= 11 is 0. The number of carbonyl (C=O) groups is 1. The summed E-state index contributed by atoms with van der Waals surface area (Å²) in [5.74, 6) is 0. The fourth-order valence-electron chi connectivity index (χ4n) is 2.10. The van der Waals surface area contributed by atoms with Crippen molar-refractivity contribution in [2.45, 2.75) is 25.7 Å². The lowest BCUT2D eigenvalue weighted by molar-refractivity contribution is 0.252. The molecular weight excluding hydrogens is 326 g/mol. The molecule has 2 rings (SSSR count). The Kier molecular flexibility index (Phi) is 5.46. The molecule has 24 heavy (non-hydrogen) atoms. The van der Waals surface area contributed by atoms with Crippen LogP contribution >= 0.6 is 0 Å². The zero-order valence-electron chi connectivity index (χ0n) is 13.9. The second-order valence-corrected chi connectivity index (χ2v) is 7.13. The maximum atomic E-state index is 12.5. The van der Waals surface area contributed by atoms with Crippen molar-refractivity contribution in [3.05, 3.63) is 53.6 Å². The molecule has 0 unspecified atom stereocenters. The number of hydrogen-bond acceptors (Lipinski definition) is 3. The average Bonchev–Trinajstić information content (AvgIpc) is 2.50. The third kappa shape index (κ3) is 4.48. The fraction of sp³-hybridized carbons (Fsp3) is 0.235. The Morgan fingerprint density at radius 3 is 2.21 bits per heavy atom. The van der Waals surface area contributed by atoms with Gasteiger partial charge in [0.25, 0.3) is 10.0 Å². The monoisotopic (exact) mass is 347 g/mol. The number of sulfonamides is 1. The van der Waals surface area contributed by atoms with Crippen LogP contribution in [0.4, 0.5) is 16.2 Å². The molecule has 0 radical (unpaired) electrons. The minimum Gasteiger partial charge on any atom is -0.338 e. The summed E-state index contributed by atoms with van der Waals surface area (Å²) < 4.78 is 27.6. The Morgan fingerprint density at radius 2 is 1.58 bits per heavy atom. The highest BCUT2D eigenvalue weighted by Gasteiger charge is 2.17. The molecule has 0 bridgehead atoms. The van der Waals surface area contributed by atoms with Gasteiger partial charge >= 0.3 is 6.03 Å². The van der Waals surface area contributed by atoms with Crippen LogP contribution in [0.1, 0.15) is 18.1 Å². The zero-order valence-corrected chi connectivity index (χ0v) is 14.7. The van der Waals surface area contributed by atoms with Gasteiger partial charge < -0.3 is 10.6 Å². The van der Waals surface area contributed by atoms with E-state index >= 15 is 0 Å². The molecule has 0 heterocycles. The SMILES string of the molecule is CCNC(=O)Nc1ccc(C)cc1NS(=O)(=O)c1ccc(C)cc1. The summed E-state index contributed by atoms with van der Waals surface area (Å²) in [5, 5.41) is 5.25. The van der Waals surface area contributed by atoms with Crippen LogP contribution in [0.3, 0.4) is 0 Å². The van der Waals surface area contributed by atoms with Gasteiger partial charge in [0, 0.05) is 6.54 Å². The minimum atomic E-state index is -3.74. The molecule has 0 aliphatic rings. The van der Waals surface area contributed by atoms with Crippen molar-refractivity contribution in [2.75, 3.05) is 16.6 Å². The molecule has 0 saturated heterocycles. The van der Waals surface area contributed by atoms with Crippen molar-refractivity contribution in [1.29, 1.82) is 0 Å². The van der Waals surface area contributed by atoms with Crippen LogP contribution in [0.15, 0.2) is 47.4 Å². The van der Waals surface area contributed by atoms with Gasteiger partial charge in [0.05, 0.1) is 16.3 Å². The van der Waals surface area contributed by atoms with Crippen LogP contribution in [0.5, 0.6) is 0 Å². The second kappa shape index (κ2) is 7.35. The van der Waals surface area contributed by atoms with Gasteiger partial charge in [-0.1, -0.05) is 23.8 Å². The molecule has 0 spiro atoms. The lowest BCUT2D eigenvalue weighted by Gasteiger charge is -2.15. The number of hydrogen-bond donors (Lipinski definition) is 3. The first-order chi connectivity index (χ1) is 11.3. The molecule has 0 saturated carbocycles. The molecule has 0 aliphatic heterocycles. The van der Waals surface area contributed by atoms with Crippen LogP contribution in [0.25, 0.3) is 0 Å². The number of amides is 2. The minimum absolute atomic E-state index is 0.165. The Hall–Kier alpha value is -2.54. The topological polar surface area (TPSA) is 87.3 Å². The number of aryl methyl sites for hydroxylation is 2. The third-order valence-corrected chi connectivity index (χ3v) is 4.72. The number of benzene rings is 2. The highest BCUT2D eigenvalue weighted by molar-refractivity contribution is 7.92. The molecule has 3 N–H and O–H groups in total. The van der Waals surface area contributed by atoms with E-state index in [-0.39, 0.29) is 4.90 Å². The van der Waals surface area contributed by atoms with Gasteiger partial charge in [-0.25, -0.2) is 13.2 Å². The van der Waals surface area contributed by atoms with Gasteiger partial charge in [-0.3, -0.25) is 4.72 Å². The van der Waals surface area contributed by atoms with Crippen LogP contribution < -0.4 is 15.4 Å². The molecule has 0 fully saturated rings. The standard InChI is InChI=1S/C17H21N3O3S/c1-4-18-17(21)19-15-10-7-13(3)11-16(15)20-24(22,23)14-8-5-12(2)6-9-14/h5-11,20H,4H2,1-3H3,(H2,18,19,21). The first-order valence-corrected chi connectivity index (χ1v) is 9.05. The lowest BCUT2D eigenvalue weighted by atomic mass is 10.2. The number of nitrogens with one attached hydrogen (secondary N) is 3. The van der Waals surface area contributed by atoms with E-state index in [1.54, 1.807) is 49.4 Å². The molecule has 6 nitrogen and oxygen atoms in total. The Balaban J connectivity index is 2.32. The first kappa shape index (κ1) is 17.8. The largest absolute Gasteiger partial charge is 0.338 e. The maximum absolute atomic E-state index is 12.5. The summed E-state index contributed by atoms with van der Waals surface area (Å²) in [7, 11) is -3.74. The van der Waals surface area contributed by atoms with Gasteiger partial charge in [-0.2, -0.15) is 0 Å². The van der Waals surface area contributed by atoms with Crippen LogP contribution in [-0.4, -0.2) is 21.0 Å². The van der Waals surface area contributed by atoms with Crippen molar-refractivity contribution in [3.8, 4) is 0 Å². The summed E-state index contributed by atoms with van der Waals surface area (Å²) in [6, 6.07) is 11.3.